The van der Waals surface area contributed by atoms with E-state index in [-0.39, 0.29) is 28.9 Å². The Balaban J connectivity index is 1.57. The third kappa shape index (κ3) is 6.04. The molecule has 194 valence electrons. The Morgan fingerprint density at radius 3 is 2.19 bits per heavy atom. The minimum absolute atomic E-state index is 0.0208. The number of primary sulfonamides is 1. The van der Waals surface area contributed by atoms with Crippen molar-refractivity contribution in [2.24, 2.45) is 5.14 Å². The standard InChI is InChI=1S/C24H20ClF3N4O4S/c25-15-6-8-16(9-7-15)30-22(34)32-23(11-12-23)21(33)31-19-10-5-14(13-18(19)24(26,27)28)17-3-1-2-4-20(17)37(29,35)36/h1-10,13H,11-12H2,(H,31,33)(H2,29,35,36)(H2,30,32,34). The number of alkyl halides is 3. The maximum Gasteiger partial charge on any atom is 0.418 e. The third-order valence-corrected chi connectivity index (χ3v) is 6.94. The summed E-state index contributed by atoms with van der Waals surface area (Å²) < 4.78 is 65.6. The average Bonchev–Trinajstić information content (AvgIpc) is 3.60. The van der Waals surface area contributed by atoms with Crippen molar-refractivity contribution in [2.45, 2.75) is 29.5 Å². The molecule has 0 aromatic heterocycles. The zero-order valence-corrected chi connectivity index (χ0v) is 20.5. The Kier molecular flexibility index (Phi) is 6.93. The monoisotopic (exact) mass is 552 g/mol. The quantitative estimate of drug-likeness (QED) is 0.344. The predicted octanol–water partition coefficient (Wildman–Crippen LogP) is 4.97. The van der Waals surface area contributed by atoms with Crippen LogP contribution < -0.4 is 21.1 Å². The van der Waals surface area contributed by atoms with Crippen LogP contribution in [0, 0.1) is 0 Å². The molecule has 5 N–H and O–H groups in total. The molecule has 1 saturated carbocycles. The zero-order valence-electron chi connectivity index (χ0n) is 18.9. The fourth-order valence-electron chi connectivity index (χ4n) is 3.70. The van der Waals surface area contributed by atoms with E-state index < -0.39 is 44.9 Å². The van der Waals surface area contributed by atoms with Crippen LogP contribution in [0.1, 0.15) is 18.4 Å². The molecule has 4 rings (SSSR count). The van der Waals surface area contributed by atoms with Gasteiger partial charge in [-0.15, -0.1) is 0 Å². The number of hydrogen-bond donors (Lipinski definition) is 4. The van der Waals surface area contributed by atoms with Crippen LogP contribution in [0.25, 0.3) is 11.1 Å². The molecule has 0 radical (unpaired) electrons. The molecular weight excluding hydrogens is 533 g/mol. The number of benzene rings is 3. The summed E-state index contributed by atoms with van der Waals surface area (Å²) in [5.41, 5.74) is -2.78. The number of urea groups is 1. The van der Waals surface area contributed by atoms with E-state index in [4.69, 9.17) is 16.7 Å². The lowest BCUT2D eigenvalue weighted by molar-refractivity contribution is -0.137. The second-order valence-corrected chi connectivity index (χ2v) is 10.4. The van der Waals surface area contributed by atoms with E-state index in [1.807, 2.05) is 0 Å². The van der Waals surface area contributed by atoms with Gasteiger partial charge < -0.3 is 16.0 Å². The first-order valence-corrected chi connectivity index (χ1v) is 12.7. The Morgan fingerprint density at radius 1 is 0.946 bits per heavy atom. The first-order chi connectivity index (χ1) is 17.3. The molecule has 1 aliphatic rings. The van der Waals surface area contributed by atoms with E-state index >= 15 is 0 Å². The molecule has 3 amide bonds. The first kappa shape index (κ1) is 26.5. The highest BCUT2D eigenvalue weighted by molar-refractivity contribution is 7.89. The molecule has 0 spiro atoms. The van der Waals surface area contributed by atoms with Crippen LogP contribution >= 0.6 is 11.6 Å². The lowest BCUT2D eigenvalue weighted by Gasteiger charge is -2.20. The Labute approximate surface area is 215 Å². The minimum Gasteiger partial charge on any atom is -0.323 e. The molecule has 0 atom stereocenters. The SMILES string of the molecule is NS(=O)(=O)c1ccccc1-c1ccc(NC(=O)C2(NC(=O)Nc3ccc(Cl)cc3)CC2)c(C(F)(F)F)c1. The number of nitrogens with two attached hydrogens (primary N) is 1. The Bertz CT molecular complexity index is 1470. The summed E-state index contributed by atoms with van der Waals surface area (Å²) in [6.45, 7) is 0. The number of nitrogens with one attached hydrogen (secondary N) is 3. The van der Waals surface area contributed by atoms with Crippen molar-refractivity contribution < 1.29 is 31.2 Å². The highest BCUT2D eigenvalue weighted by Gasteiger charge is 2.51. The molecule has 8 nitrogen and oxygen atoms in total. The molecule has 37 heavy (non-hydrogen) atoms. The van der Waals surface area contributed by atoms with Gasteiger partial charge in [0.25, 0.3) is 0 Å². The van der Waals surface area contributed by atoms with Gasteiger partial charge in [0.1, 0.15) is 5.54 Å². The van der Waals surface area contributed by atoms with Crippen LogP contribution in [0.5, 0.6) is 0 Å². The van der Waals surface area contributed by atoms with Crippen LogP contribution in [0.3, 0.4) is 0 Å². The molecule has 0 saturated heterocycles. The van der Waals surface area contributed by atoms with Gasteiger partial charge in [-0.05, 0) is 60.9 Å². The molecule has 1 aliphatic carbocycles. The van der Waals surface area contributed by atoms with Crippen molar-refractivity contribution in [1.29, 1.82) is 0 Å². The van der Waals surface area contributed by atoms with Crippen LogP contribution in [0.15, 0.2) is 71.6 Å². The van der Waals surface area contributed by atoms with Gasteiger partial charge in [0, 0.05) is 16.3 Å². The summed E-state index contributed by atoms with van der Waals surface area (Å²) in [5, 5.41) is 13.0. The number of sulfonamides is 1. The van der Waals surface area contributed by atoms with E-state index in [1.54, 1.807) is 24.3 Å². The topological polar surface area (TPSA) is 130 Å². The number of rotatable bonds is 6. The lowest BCUT2D eigenvalue weighted by Crippen LogP contribution is -2.48. The molecule has 1 fully saturated rings. The van der Waals surface area contributed by atoms with Gasteiger partial charge in [-0.3, -0.25) is 4.79 Å². The van der Waals surface area contributed by atoms with E-state index in [0.29, 0.717) is 10.7 Å². The molecule has 13 heteroatoms. The maximum atomic E-state index is 13.9. The summed E-state index contributed by atoms with van der Waals surface area (Å²) >= 11 is 5.81. The van der Waals surface area contributed by atoms with Crippen LogP contribution in [-0.2, 0) is 21.0 Å². The molecule has 0 heterocycles. The van der Waals surface area contributed by atoms with Crippen molar-refractivity contribution in [1.82, 2.24) is 5.32 Å². The molecule has 0 aliphatic heterocycles. The van der Waals surface area contributed by atoms with Gasteiger partial charge in [-0.2, -0.15) is 13.2 Å². The largest absolute Gasteiger partial charge is 0.418 e. The Morgan fingerprint density at radius 2 is 1.59 bits per heavy atom. The summed E-state index contributed by atoms with van der Waals surface area (Å²) in [4.78, 5) is 25.0. The fourth-order valence-corrected chi connectivity index (χ4v) is 4.58. The van der Waals surface area contributed by atoms with Crippen molar-refractivity contribution in [3.05, 3.63) is 77.3 Å². The Hall–Kier alpha value is -3.61. The van der Waals surface area contributed by atoms with Gasteiger partial charge in [-0.1, -0.05) is 35.9 Å². The van der Waals surface area contributed by atoms with Crippen molar-refractivity contribution in [3.8, 4) is 11.1 Å². The molecule has 3 aromatic rings. The number of hydrogen-bond acceptors (Lipinski definition) is 4. The first-order valence-electron chi connectivity index (χ1n) is 10.8. The number of carbonyl (C=O) groups excluding carboxylic acids is 2. The summed E-state index contributed by atoms with van der Waals surface area (Å²) in [5.74, 6) is -0.818. The highest BCUT2D eigenvalue weighted by atomic mass is 35.5. The van der Waals surface area contributed by atoms with Crippen LogP contribution in [0.4, 0.5) is 29.3 Å². The second kappa shape index (κ2) is 9.69. The van der Waals surface area contributed by atoms with Crippen molar-refractivity contribution in [3.63, 3.8) is 0 Å². The average molecular weight is 553 g/mol. The maximum absolute atomic E-state index is 13.9. The fraction of sp³-hybridized carbons (Fsp3) is 0.167. The van der Waals surface area contributed by atoms with Crippen molar-refractivity contribution in [2.75, 3.05) is 10.6 Å². The van der Waals surface area contributed by atoms with Gasteiger partial charge in [0.2, 0.25) is 15.9 Å². The van der Waals surface area contributed by atoms with E-state index in [1.165, 1.54) is 30.3 Å². The normalized spacial score (nSPS) is 14.5. The van der Waals surface area contributed by atoms with Crippen LogP contribution in [-0.4, -0.2) is 25.9 Å². The van der Waals surface area contributed by atoms with Gasteiger partial charge in [0.05, 0.1) is 16.1 Å². The molecule has 0 unspecified atom stereocenters. The highest BCUT2D eigenvalue weighted by Crippen LogP contribution is 2.41. The number of anilines is 2. The van der Waals surface area contributed by atoms with Crippen LogP contribution in [0.2, 0.25) is 5.02 Å². The summed E-state index contributed by atoms with van der Waals surface area (Å²) in [6.07, 6.45) is -4.42. The van der Waals surface area contributed by atoms with Gasteiger partial charge in [0.15, 0.2) is 0 Å². The lowest BCUT2D eigenvalue weighted by atomic mass is 10.0. The van der Waals surface area contributed by atoms with Gasteiger partial charge in [-0.25, -0.2) is 18.4 Å². The van der Waals surface area contributed by atoms with E-state index in [2.05, 4.69) is 16.0 Å². The smallest absolute Gasteiger partial charge is 0.323 e. The number of amides is 3. The number of halogens is 4. The minimum atomic E-state index is -4.88. The third-order valence-electron chi connectivity index (χ3n) is 5.72. The predicted molar refractivity (Wildman–Crippen MR) is 132 cm³/mol. The zero-order chi connectivity index (χ0) is 27.0. The van der Waals surface area contributed by atoms with Gasteiger partial charge >= 0.3 is 12.2 Å². The number of carbonyl (C=O) groups is 2. The van der Waals surface area contributed by atoms with Crippen molar-refractivity contribution >= 4 is 44.9 Å². The summed E-state index contributed by atoms with van der Waals surface area (Å²) in [6, 6.07) is 13.9. The second-order valence-electron chi connectivity index (χ2n) is 8.42. The molecule has 0 bridgehead atoms. The van der Waals surface area contributed by atoms with E-state index in [0.717, 1.165) is 12.1 Å². The molecule has 3 aromatic carbocycles. The molecular formula is C24H20ClF3N4O4S. The summed E-state index contributed by atoms with van der Waals surface area (Å²) in [7, 11) is -4.21. The van der Waals surface area contributed by atoms with E-state index in [9.17, 15) is 31.2 Å².